The van der Waals surface area contributed by atoms with Gasteiger partial charge < -0.3 is 20.5 Å². The molecule has 0 bridgehead atoms. The molecule has 2 amide bonds. The number of ether oxygens (including phenoxy) is 1. The molecule has 0 aliphatic heterocycles. The van der Waals surface area contributed by atoms with Crippen molar-refractivity contribution in [2.75, 3.05) is 12.4 Å². The van der Waals surface area contributed by atoms with E-state index in [4.69, 9.17) is 9.84 Å². The minimum atomic E-state index is -1.06. The van der Waals surface area contributed by atoms with Crippen LogP contribution < -0.4 is 15.4 Å². The number of carbonyl (C=O) groups is 2. The Labute approximate surface area is 111 Å². The highest BCUT2D eigenvalue weighted by Gasteiger charge is 2.23. The second-order valence-corrected chi connectivity index (χ2v) is 4.36. The minimum absolute atomic E-state index is 0.207. The zero-order valence-electron chi connectivity index (χ0n) is 11.1. The van der Waals surface area contributed by atoms with Crippen molar-refractivity contribution in [2.45, 2.75) is 19.9 Å². The Morgan fingerprint density at radius 2 is 1.89 bits per heavy atom. The number of amides is 2. The van der Waals surface area contributed by atoms with Gasteiger partial charge in [0.1, 0.15) is 11.8 Å². The molecule has 1 atom stereocenters. The van der Waals surface area contributed by atoms with Gasteiger partial charge in [-0.2, -0.15) is 0 Å². The SMILES string of the molecule is COc1ccccc1NC(=O)NC(C(=O)O)C(C)C. The van der Waals surface area contributed by atoms with E-state index in [2.05, 4.69) is 10.6 Å². The van der Waals surface area contributed by atoms with E-state index >= 15 is 0 Å². The topological polar surface area (TPSA) is 87.7 Å². The molecule has 0 aliphatic carbocycles. The summed E-state index contributed by atoms with van der Waals surface area (Å²) < 4.78 is 5.09. The lowest BCUT2D eigenvalue weighted by atomic mass is 10.1. The molecule has 0 radical (unpaired) electrons. The van der Waals surface area contributed by atoms with Crippen LogP contribution in [0.5, 0.6) is 5.75 Å². The molecule has 1 unspecified atom stereocenters. The third-order valence-corrected chi connectivity index (χ3v) is 2.57. The Morgan fingerprint density at radius 1 is 1.26 bits per heavy atom. The quantitative estimate of drug-likeness (QED) is 0.759. The van der Waals surface area contributed by atoms with Crippen LogP contribution in [-0.2, 0) is 4.79 Å². The van der Waals surface area contributed by atoms with Gasteiger partial charge in [0.05, 0.1) is 12.8 Å². The van der Waals surface area contributed by atoms with Gasteiger partial charge in [0, 0.05) is 0 Å². The van der Waals surface area contributed by atoms with Gasteiger partial charge in [-0.05, 0) is 18.1 Å². The molecular formula is C13H18N2O4. The molecular weight excluding hydrogens is 248 g/mol. The van der Waals surface area contributed by atoms with E-state index in [1.165, 1.54) is 7.11 Å². The maximum atomic E-state index is 11.8. The van der Waals surface area contributed by atoms with Crippen molar-refractivity contribution in [1.29, 1.82) is 0 Å². The zero-order valence-corrected chi connectivity index (χ0v) is 11.1. The number of carboxylic acids is 1. The average molecular weight is 266 g/mol. The molecule has 0 spiro atoms. The molecule has 0 aromatic heterocycles. The standard InChI is InChI=1S/C13H18N2O4/c1-8(2)11(12(16)17)15-13(18)14-9-6-4-5-7-10(9)19-3/h4-8,11H,1-3H3,(H,16,17)(H2,14,15,18). The molecule has 19 heavy (non-hydrogen) atoms. The van der Waals surface area contributed by atoms with Gasteiger partial charge in [0.25, 0.3) is 0 Å². The highest BCUT2D eigenvalue weighted by atomic mass is 16.5. The Balaban J connectivity index is 2.72. The van der Waals surface area contributed by atoms with E-state index in [-0.39, 0.29) is 5.92 Å². The van der Waals surface area contributed by atoms with Crippen LogP contribution in [-0.4, -0.2) is 30.3 Å². The van der Waals surface area contributed by atoms with Crippen molar-refractivity contribution in [1.82, 2.24) is 5.32 Å². The van der Waals surface area contributed by atoms with Crippen molar-refractivity contribution < 1.29 is 19.4 Å². The molecule has 0 fully saturated rings. The number of hydrogen-bond donors (Lipinski definition) is 3. The maximum Gasteiger partial charge on any atom is 0.326 e. The summed E-state index contributed by atoms with van der Waals surface area (Å²) in [4.78, 5) is 22.7. The smallest absolute Gasteiger partial charge is 0.326 e. The van der Waals surface area contributed by atoms with Gasteiger partial charge in [-0.25, -0.2) is 9.59 Å². The summed E-state index contributed by atoms with van der Waals surface area (Å²) in [6.07, 6.45) is 0. The minimum Gasteiger partial charge on any atom is -0.495 e. The highest BCUT2D eigenvalue weighted by molar-refractivity contribution is 5.93. The molecule has 0 aliphatic rings. The van der Waals surface area contributed by atoms with Crippen molar-refractivity contribution in [3.8, 4) is 5.75 Å². The molecule has 0 heterocycles. The first-order valence-electron chi connectivity index (χ1n) is 5.89. The Hall–Kier alpha value is -2.24. The first kappa shape index (κ1) is 14.8. The van der Waals surface area contributed by atoms with Crippen LogP contribution in [0.15, 0.2) is 24.3 Å². The molecule has 104 valence electrons. The summed E-state index contributed by atoms with van der Waals surface area (Å²) in [6, 6.07) is 5.38. The third kappa shape index (κ3) is 4.17. The van der Waals surface area contributed by atoms with Crippen molar-refractivity contribution in [3.63, 3.8) is 0 Å². The fraction of sp³-hybridized carbons (Fsp3) is 0.385. The number of rotatable bonds is 5. The molecule has 6 nitrogen and oxygen atoms in total. The molecule has 3 N–H and O–H groups in total. The van der Waals surface area contributed by atoms with E-state index in [9.17, 15) is 9.59 Å². The second-order valence-electron chi connectivity index (χ2n) is 4.36. The number of hydrogen-bond acceptors (Lipinski definition) is 3. The predicted molar refractivity (Wildman–Crippen MR) is 71.4 cm³/mol. The number of carbonyl (C=O) groups excluding carboxylic acids is 1. The number of carboxylic acid groups (broad SMARTS) is 1. The van der Waals surface area contributed by atoms with E-state index in [0.29, 0.717) is 11.4 Å². The van der Waals surface area contributed by atoms with Crippen LogP contribution in [0.1, 0.15) is 13.8 Å². The van der Waals surface area contributed by atoms with Gasteiger partial charge in [0.2, 0.25) is 0 Å². The lowest BCUT2D eigenvalue weighted by Gasteiger charge is -2.18. The van der Waals surface area contributed by atoms with E-state index < -0.39 is 18.0 Å². The summed E-state index contributed by atoms with van der Waals surface area (Å²) >= 11 is 0. The largest absolute Gasteiger partial charge is 0.495 e. The second kappa shape index (κ2) is 6.63. The molecule has 0 saturated carbocycles. The number of methoxy groups -OCH3 is 1. The highest BCUT2D eigenvalue weighted by Crippen LogP contribution is 2.22. The summed E-state index contributed by atoms with van der Waals surface area (Å²) in [5.74, 6) is -0.764. The molecule has 1 aromatic carbocycles. The number of benzene rings is 1. The maximum absolute atomic E-state index is 11.8. The van der Waals surface area contributed by atoms with E-state index in [0.717, 1.165) is 0 Å². The fourth-order valence-corrected chi connectivity index (χ4v) is 1.56. The van der Waals surface area contributed by atoms with Crippen LogP contribution in [0, 0.1) is 5.92 Å². The van der Waals surface area contributed by atoms with Crippen molar-refractivity contribution in [2.24, 2.45) is 5.92 Å². The normalized spacial score (nSPS) is 11.8. The molecule has 1 rings (SSSR count). The van der Waals surface area contributed by atoms with Gasteiger partial charge in [-0.15, -0.1) is 0 Å². The molecule has 6 heteroatoms. The Morgan fingerprint density at radius 3 is 2.42 bits per heavy atom. The van der Waals surface area contributed by atoms with Crippen LogP contribution in [0.4, 0.5) is 10.5 Å². The van der Waals surface area contributed by atoms with E-state index in [1.54, 1.807) is 38.1 Å². The summed E-state index contributed by atoms with van der Waals surface area (Å²) in [5.41, 5.74) is 0.482. The lowest BCUT2D eigenvalue weighted by molar-refractivity contribution is -0.140. The Kier molecular flexibility index (Phi) is 5.17. The van der Waals surface area contributed by atoms with Crippen LogP contribution in [0.25, 0.3) is 0 Å². The van der Waals surface area contributed by atoms with Gasteiger partial charge >= 0.3 is 12.0 Å². The molecule has 0 saturated heterocycles. The summed E-state index contributed by atoms with van der Waals surface area (Å²) in [7, 11) is 1.49. The number of anilines is 1. The number of aliphatic carboxylic acids is 1. The first-order chi connectivity index (χ1) is 8.95. The first-order valence-corrected chi connectivity index (χ1v) is 5.89. The number of urea groups is 1. The van der Waals surface area contributed by atoms with E-state index in [1.807, 2.05) is 0 Å². The van der Waals surface area contributed by atoms with Crippen LogP contribution in [0.3, 0.4) is 0 Å². The fourth-order valence-electron chi connectivity index (χ4n) is 1.56. The number of para-hydroxylation sites is 2. The van der Waals surface area contributed by atoms with Crippen molar-refractivity contribution in [3.05, 3.63) is 24.3 Å². The van der Waals surface area contributed by atoms with Gasteiger partial charge in [-0.1, -0.05) is 26.0 Å². The van der Waals surface area contributed by atoms with Crippen LogP contribution >= 0.6 is 0 Å². The summed E-state index contributed by atoms with van der Waals surface area (Å²) in [6.45, 7) is 3.45. The molecule has 1 aromatic rings. The van der Waals surface area contributed by atoms with Crippen LogP contribution in [0.2, 0.25) is 0 Å². The lowest BCUT2D eigenvalue weighted by Crippen LogP contribution is -2.46. The van der Waals surface area contributed by atoms with Gasteiger partial charge in [0.15, 0.2) is 0 Å². The average Bonchev–Trinajstić information content (AvgIpc) is 2.36. The monoisotopic (exact) mass is 266 g/mol. The predicted octanol–water partition coefficient (Wildman–Crippen LogP) is 1.93. The Bertz CT molecular complexity index is 460. The summed E-state index contributed by atoms with van der Waals surface area (Å²) in [5, 5.41) is 14.0. The zero-order chi connectivity index (χ0) is 14.4. The van der Waals surface area contributed by atoms with Gasteiger partial charge in [-0.3, -0.25) is 0 Å². The van der Waals surface area contributed by atoms with Crippen molar-refractivity contribution >= 4 is 17.7 Å². The third-order valence-electron chi connectivity index (χ3n) is 2.57. The number of nitrogens with one attached hydrogen (secondary N) is 2.